The maximum Gasteiger partial charge on any atom is 0.278 e. The van der Waals surface area contributed by atoms with Crippen LogP contribution in [0.15, 0.2) is 89.7 Å². The van der Waals surface area contributed by atoms with Crippen LogP contribution in [0.5, 0.6) is 0 Å². The van der Waals surface area contributed by atoms with Crippen molar-refractivity contribution in [2.75, 3.05) is 7.05 Å². The van der Waals surface area contributed by atoms with Crippen LogP contribution in [0.1, 0.15) is 17.2 Å². The molecule has 0 aliphatic rings. The van der Waals surface area contributed by atoms with E-state index in [-0.39, 0.29) is 11.6 Å². The molecule has 4 rings (SSSR count). The van der Waals surface area contributed by atoms with E-state index in [1.165, 1.54) is 4.68 Å². The SMILES string of the molecule is CN(Cn1nnc2ccccc2c1=O)C(c1ccccc1)c1ccccc1. The Morgan fingerprint density at radius 2 is 1.41 bits per heavy atom. The van der Waals surface area contributed by atoms with Gasteiger partial charge in [-0.1, -0.05) is 78.0 Å². The second-order valence-electron chi connectivity index (χ2n) is 6.53. The number of fused-ring (bicyclic) bond motifs is 1. The Balaban J connectivity index is 1.72. The Hall–Kier alpha value is -3.31. The molecule has 3 aromatic carbocycles. The monoisotopic (exact) mass is 356 g/mol. The zero-order valence-electron chi connectivity index (χ0n) is 15.1. The Morgan fingerprint density at radius 3 is 2.04 bits per heavy atom. The molecule has 134 valence electrons. The van der Waals surface area contributed by atoms with Gasteiger partial charge in [-0.05, 0) is 30.3 Å². The predicted molar refractivity (Wildman–Crippen MR) is 106 cm³/mol. The normalized spacial score (nSPS) is 11.4. The quantitative estimate of drug-likeness (QED) is 0.549. The van der Waals surface area contributed by atoms with Crippen molar-refractivity contribution in [3.8, 4) is 0 Å². The van der Waals surface area contributed by atoms with E-state index < -0.39 is 0 Å². The van der Waals surface area contributed by atoms with E-state index in [1.54, 1.807) is 12.1 Å². The zero-order valence-corrected chi connectivity index (χ0v) is 15.1. The van der Waals surface area contributed by atoms with Gasteiger partial charge in [-0.3, -0.25) is 9.69 Å². The lowest BCUT2D eigenvalue weighted by Gasteiger charge is -2.29. The first-order chi connectivity index (χ1) is 13.2. The molecule has 0 unspecified atom stereocenters. The van der Waals surface area contributed by atoms with Gasteiger partial charge in [0.25, 0.3) is 5.56 Å². The van der Waals surface area contributed by atoms with E-state index in [2.05, 4.69) is 39.5 Å². The van der Waals surface area contributed by atoms with Gasteiger partial charge in [0, 0.05) is 0 Å². The number of aromatic nitrogens is 3. The third-order valence-electron chi connectivity index (χ3n) is 4.66. The van der Waals surface area contributed by atoms with Gasteiger partial charge in [-0.25, -0.2) is 0 Å². The molecule has 0 N–H and O–H groups in total. The molecule has 0 amide bonds. The summed E-state index contributed by atoms with van der Waals surface area (Å²) in [4.78, 5) is 14.9. The van der Waals surface area contributed by atoms with Gasteiger partial charge in [-0.15, -0.1) is 5.10 Å². The van der Waals surface area contributed by atoms with Crippen LogP contribution >= 0.6 is 0 Å². The van der Waals surface area contributed by atoms with Crippen molar-refractivity contribution in [2.24, 2.45) is 0 Å². The first-order valence-corrected chi connectivity index (χ1v) is 8.87. The molecule has 0 saturated heterocycles. The van der Waals surface area contributed by atoms with E-state index in [4.69, 9.17) is 0 Å². The van der Waals surface area contributed by atoms with Crippen molar-refractivity contribution in [3.63, 3.8) is 0 Å². The smallest absolute Gasteiger partial charge is 0.276 e. The second kappa shape index (κ2) is 7.51. The van der Waals surface area contributed by atoms with Crippen LogP contribution in [0.25, 0.3) is 10.9 Å². The number of hydrogen-bond acceptors (Lipinski definition) is 4. The average molecular weight is 356 g/mol. The molecule has 0 spiro atoms. The van der Waals surface area contributed by atoms with E-state index in [0.29, 0.717) is 17.6 Å². The first-order valence-electron chi connectivity index (χ1n) is 8.87. The third kappa shape index (κ3) is 3.50. The van der Waals surface area contributed by atoms with Gasteiger partial charge in [0.05, 0.1) is 18.1 Å². The minimum Gasteiger partial charge on any atom is -0.276 e. The van der Waals surface area contributed by atoms with Gasteiger partial charge >= 0.3 is 0 Å². The first kappa shape index (κ1) is 17.1. The summed E-state index contributed by atoms with van der Waals surface area (Å²) in [5.74, 6) is 0. The maximum absolute atomic E-state index is 12.8. The largest absolute Gasteiger partial charge is 0.278 e. The van der Waals surface area contributed by atoms with Crippen LogP contribution in [-0.2, 0) is 6.67 Å². The van der Waals surface area contributed by atoms with Gasteiger partial charge in [0.2, 0.25) is 0 Å². The Labute approximate surface area is 157 Å². The lowest BCUT2D eigenvalue weighted by atomic mass is 9.98. The Bertz CT molecular complexity index is 1050. The fourth-order valence-corrected chi connectivity index (χ4v) is 3.38. The van der Waals surface area contributed by atoms with E-state index in [1.807, 2.05) is 55.6 Å². The van der Waals surface area contributed by atoms with Crippen molar-refractivity contribution in [3.05, 3.63) is 106 Å². The average Bonchev–Trinajstić information content (AvgIpc) is 2.72. The fraction of sp³-hybridized carbons (Fsp3) is 0.136. The van der Waals surface area contributed by atoms with Crippen LogP contribution in [0.2, 0.25) is 0 Å². The van der Waals surface area contributed by atoms with Crippen molar-refractivity contribution in [1.82, 2.24) is 19.9 Å². The fourth-order valence-electron chi connectivity index (χ4n) is 3.38. The summed E-state index contributed by atoms with van der Waals surface area (Å²) < 4.78 is 1.42. The van der Waals surface area contributed by atoms with Gasteiger partial charge in [0.1, 0.15) is 5.52 Å². The summed E-state index contributed by atoms with van der Waals surface area (Å²) in [7, 11) is 1.99. The zero-order chi connectivity index (χ0) is 18.6. The number of benzene rings is 3. The minimum absolute atomic E-state index is 0.00701. The standard InChI is InChI=1S/C22H20N4O/c1-25(16-26-22(27)19-14-8-9-15-20(19)23-24-26)21(17-10-4-2-5-11-17)18-12-6-3-7-13-18/h2-15,21H,16H2,1H3. The predicted octanol–water partition coefficient (Wildman–Crippen LogP) is 3.47. The van der Waals surface area contributed by atoms with Crippen LogP contribution in [0.3, 0.4) is 0 Å². The molecule has 5 heteroatoms. The second-order valence-corrected chi connectivity index (χ2v) is 6.53. The van der Waals surface area contributed by atoms with E-state index in [0.717, 1.165) is 11.1 Å². The lowest BCUT2D eigenvalue weighted by molar-refractivity contribution is 0.202. The highest BCUT2D eigenvalue weighted by Crippen LogP contribution is 2.27. The highest BCUT2D eigenvalue weighted by Gasteiger charge is 2.20. The number of hydrogen-bond donors (Lipinski definition) is 0. The van der Waals surface area contributed by atoms with Crippen LogP contribution < -0.4 is 5.56 Å². The van der Waals surface area contributed by atoms with Crippen LogP contribution in [0, 0.1) is 0 Å². The van der Waals surface area contributed by atoms with Crippen molar-refractivity contribution < 1.29 is 0 Å². The van der Waals surface area contributed by atoms with Gasteiger partial charge in [0.15, 0.2) is 0 Å². The molecular weight excluding hydrogens is 336 g/mol. The van der Waals surface area contributed by atoms with Crippen molar-refractivity contribution >= 4 is 10.9 Å². The topological polar surface area (TPSA) is 51.0 Å². The molecule has 27 heavy (non-hydrogen) atoms. The number of rotatable bonds is 5. The minimum atomic E-state index is -0.132. The van der Waals surface area contributed by atoms with E-state index in [9.17, 15) is 4.79 Å². The van der Waals surface area contributed by atoms with Crippen LogP contribution in [0.4, 0.5) is 0 Å². The molecule has 0 bridgehead atoms. The molecule has 0 aliphatic heterocycles. The molecule has 0 fully saturated rings. The highest BCUT2D eigenvalue weighted by atomic mass is 16.1. The summed E-state index contributed by atoms with van der Waals surface area (Å²) in [5, 5.41) is 8.90. The summed E-state index contributed by atoms with van der Waals surface area (Å²) >= 11 is 0. The summed E-state index contributed by atoms with van der Waals surface area (Å²) in [6, 6.07) is 27.8. The van der Waals surface area contributed by atoms with Gasteiger partial charge in [-0.2, -0.15) is 4.68 Å². The molecule has 4 aromatic rings. The molecule has 1 heterocycles. The summed E-state index contributed by atoms with van der Waals surface area (Å²) in [6.07, 6.45) is 0. The molecule has 5 nitrogen and oxygen atoms in total. The molecule has 0 aliphatic carbocycles. The van der Waals surface area contributed by atoms with E-state index >= 15 is 0 Å². The molecule has 0 radical (unpaired) electrons. The third-order valence-corrected chi connectivity index (χ3v) is 4.66. The van der Waals surface area contributed by atoms with Gasteiger partial charge < -0.3 is 0 Å². The molecule has 0 saturated carbocycles. The molecular formula is C22H20N4O. The molecule has 0 atom stereocenters. The Morgan fingerprint density at radius 1 is 0.852 bits per heavy atom. The molecule has 1 aromatic heterocycles. The lowest BCUT2D eigenvalue weighted by Crippen LogP contribution is -2.35. The number of nitrogens with zero attached hydrogens (tertiary/aromatic N) is 4. The van der Waals surface area contributed by atoms with Crippen LogP contribution in [-0.4, -0.2) is 26.9 Å². The van der Waals surface area contributed by atoms with Crippen molar-refractivity contribution in [2.45, 2.75) is 12.7 Å². The summed E-state index contributed by atoms with van der Waals surface area (Å²) in [5.41, 5.74) is 2.80. The Kier molecular flexibility index (Phi) is 4.77. The highest BCUT2D eigenvalue weighted by molar-refractivity contribution is 5.76. The maximum atomic E-state index is 12.8. The summed E-state index contributed by atoms with van der Waals surface area (Å²) in [6.45, 7) is 0.338. The van der Waals surface area contributed by atoms with Crippen molar-refractivity contribution in [1.29, 1.82) is 0 Å².